The maximum atomic E-state index is 13.4. The van der Waals surface area contributed by atoms with Crippen molar-refractivity contribution >= 4 is 39.8 Å². The molecule has 1 atom stereocenters. The van der Waals surface area contributed by atoms with E-state index in [4.69, 9.17) is 8.83 Å². The lowest BCUT2D eigenvalue weighted by Gasteiger charge is -2.28. The number of pyridine rings is 1. The molecule has 1 N–H and O–H groups in total. The number of furan rings is 2. The number of rotatable bonds is 3. The molecule has 1 saturated heterocycles. The van der Waals surface area contributed by atoms with Crippen LogP contribution in [0.15, 0.2) is 51.4 Å². The molecule has 1 fully saturated rings. The predicted molar refractivity (Wildman–Crippen MR) is 109 cm³/mol. The summed E-state index contributed by atoms with van der Waals surface area (Å²) in [5.74, 6) is 0.00136. The first-order valence-corrected chi connectivity index (χ1v) is 9.95. The van der Waals surface area contributed by atoms with Crippen molar-refractivity contribution in [2.45, 2.75) is 25.3 Å². The number of nitrogens with zero attached hydrogens (tertiary/aromatic N) is 2. The highest BCUT2D eigenvalue weighted by Crippen LogP contribution is 2.39. The fraction of sp³-hybridized carbons (Fsp3) is 0.217. The Labute approximate surface area is 175 Å². The van der Waals surface area contributed by atoms with E-state index in [-0.39, 0.29) is 18.9 Å². The minimum atomic E-state index is -1.30. The molecule has 4 aromatic rings. The summed E-state index contributed by atoms with van der Waals surface area (Å²) in [5.41, 5.74) is 1.91. The molecule has 0 bridgehead atoms. The first kappa shape index (κ1) is 17.9. The van der Waals surface area contributed by atoms with E-state index in [9.17, 15) is 14.4 Å². The fourth-order valence-corrected chi connectivity index (χ4v) is 4.71. The molecular weight excluding hydrogens is 398 g/mol. The molecule has 154 valence electrons. The molecule has 5 heterocycles. The number of amides is 3. The molecule has 0 saturated carbocycles. The summed E-state index contributed by atoms with van der Waals surface area (Å²) in [6.45, 7) is 2.20. The van der Waals surface area contributed by atoms with Gasteiger partial charge >= 0.3 is 0 Å². The number of benzene rings is 1. The Hall–Kier alpha value is -3.94. The molecule has 0 aliphatic carbocycles. The number of hydrogen-bond acceptors (Lipinski definition) is 6. The number of aryl methyl sites for hydroxylation is 1. The molecule has 31 heavy (non-hydrogen) atoms. The Morgan fingerprint density at radius 1 is 1.13 bits per heavy atom. The molecule has 2 aliphatic rings. The van der Waals surface area contributed by atoms with E-state index in [0.717, 1.165) is 16.7 Å². The number of hydrogen-bond donors (Lipinski definition) is 1. The second-order valence-corrected chi connectivity index (χ2v) is 8.16. The zero-order valence-electron chi connectivity index (χ0n) is 16.6. The molecule has 1 aromatic carbocycles. The lowest BCUT2D eigenvalue weighted by atomic mass is 9.82. The van der Waals surface area contributed by atoms with E-state index in [2.05, 4.69) is 10.3 Å². The van der Waals surface area contributed by atoms with Crippen LogP contribution in [0.5, 0.6) is 0 Å². The molecular formula is C23H17N3O5. The number of fused-ring (bicyclic) bond motifs is 4. The largest absolute Gasteiger partial charge is 0.461 e. The number of imide groups is 1. The van der Waals surface area contributed by atoms with E-state index in [0.29, 0.717) is 34.6 Å². The second kappa shape index (κ2) is 6.04. The Morgan fingerprint density at radius 3 is 2.77 bits per heavy atom. The van der Waals surface area contributed by atoms with Gasteiger partial charge < -0.3 is 13.7 Å². The highest BCUT2D eigenvalue weighted by Gasteiger charge is 2.53. The van der Waals surface area contributed by atoms with E-state index in [1.54, 1.807) is 29.3 Å². The summed E-state index contributed by atoms with van der Waals surface area (Å²) >= 11 is 0. The third-order valence-electron chi connectivity index (χ3n) is 6.14. The van der Waals surface area contributed by atoms with Crippen molar-refractivity contribution < 1.29 is 23.2 Å². The maximum Gasteiger partial charge on any atom is 0.255 e. The van der Waals surface area contributed by atoms with Crippen LogP contribution in [-0.4, -0.2) is 34.2 Å². The quantitative estimate of drug-likeness (QED) is 0.516. The van der Waals surface area contributed by atoms with E-state index < -0.39 is 17.2 Å². The molecule has 0 unspecified atom stereocenters. The zero-order chi connectivity index (χ0) is 21.3. The molecule has 8 heteroatoms. The van der Waals surface area contributed by atoms with Crippen molar-refractivity contribution in [2.75, 3.05) is 6.54 Å². The molecule has 3 amide bonds. The first-order chi connectivity index (χ1) is 14.9. The number of aromatic nitrogens is 1. The minimum Gasteiger partial charge on any atom is -0.461 e. The molecule has 6 rings (SSSR count). The number of nitrogens with one attached hydrogen (secondary N) is 1. The molecule has 8 nitrogen and oxygen atoms in total. The average molecular weight is 415 g/mol. The van der Waals surface area contributed by atoms with Gasteiger partial charge in [0.2, 0.25) is 11.8 Å². The van der Waals surface area contributed by atoms with Crippen LogP contribution in [0, 0.1) is 6.92 Å². The predicted octanol–water partition coefficient (Wildman–Crippen LogP) is 2.82. The monoisotopic (exact) mass is 415 g/mol. The summed E-state index contributed by atoms with van der Waals surface area (Å²) in [5, 5.41) is 3.14. The molecule has 3 aromatic heterocycles. The topological polar surface area (TPSA) is 106 Å². The summed E-state index contributed by atoms with van der Waals surface area (Å²) in [6.07, 6.45) is 1.54. The molecule has 0 radical (unpaired) electrons. The standard InChI is InChI=1S/C23H17N3O5/c1-12-7-14-16(30-12)5-4-13-10-26(21(28)20(13)14)11-23(9-19(27)25-22(23)29)18-8-15-17(31-18)3-2-6-24-15/h2-8H,9-11H2,1H3,(H,25,27,29)/t23-/m1/s1. The lowest BCUT2D eigenvalue weighted by molar-refractivity contribution is -0.126. The Morgan fingerprint density at radius 2 is 2.00 bits per heavy atom. The van der Waals surface area contributed by atoms with Crippen LogP contribution in [0.3, 0.4) is 0 Å². The van der Waals surface area contributed by atoms with Gasteiger partial charge in [0, 0.05) is 30.7 Å². The van der Waals surface area contributed by atoms with Crippen LogP contribution in [0.4, 0.5) is 0 Å². The van der Waals surface area contributed by atoms with Crippen LogP contribution >= 0.6 is 0 Å². The summed E-state index contributed by atoms with van der Waals surface area (Å²) in [7, 11) is 0. The van der Waals surface area contributed by atoms with Crippen LogP contribution in [0.1, 0.15) is 33.9 Å². The molecule has 0 spiro atoms. The fourth-order valence-electron chi connectivity index (χ4n) is 4.71. The van der Waals surface area contributed by atoms with Crippen molar-refractivity contribution in [3.8, 4) is 0 Å². The van der Waals surface area contributed by atoms with Crippen molar-refractivity contribution in [3.63, 3.8) is 0 Å². The first-order valence-electron chi connectivity index (χ1n) is 9.95. The Kier molecular flexibility index (Phi) is 3.48. The van der Waals surface area contributed by atoms with E-state index in [1.807, 2.05) is 25.1 Å². The van der Waals surface area contributed by atoms with Crippen molar-refractivity contribution in [1.29, 1.82) is 0 Å². The SMILES string of the molecule is Cc1cc2c3c(ccc2o1)CN(C[C@@]1(c2cc4ncccc4o2)CC(=O)NC1=O)C3=O. The highest BCUT2D eigenvalue weighted by atomic mass is 16.3. The van der Waals surface area contributed by atoms with E-state index in [1.165, 1.54) is 0 Å². The third-order valence-corrected chi connectivity index (χ3v) is 6.14. The highest BCUT2D eigenvalue weighted by molar-refractivity contribution is 6.11. The van der Waals surface area contributed by atoms with Gasteiger partial charge in [0.15, 0.2) is 5.58 Å². The summed E-state index contributed by atoms with van der Waals surface area (Å²) < 4.78 is 11.6. The van der Waals surface area contributed by atoms with Gasteiger partial charge in [0.1, 0.15) is 28.0 Å². The summed E-state index contributed by atoms with van der Waals surface area (Å²) in [4.78, 5) is 44.4. The van der Waals surface area contributed by atoms with Gasteiger partial charge in [-0.3, -0.25) is 24.7 Å². The van der Waals surface area contributed by atoms with Gasteiger partial charge in [-0.15, -0.1) is 0 Å². The molecule has 2 aliphatic heterocycles. The summed E-state index contributed by atoms with van der Waals surface area (Å²) in [6, 6.07) is 10.7. The maximum absolute atomic E-state index is 13.4. The third kappa shape index (κ3) is 2.48. The van der Waals surface area contributed by atoms with Crippen molar-refractivity contribution in [2.24, 2.45) is 0 Å². The lowest BCUT2D eigenvalue weighted by Crippen LogP contribution is -2.46. The van der Waals surface area contributed by atoms with Gasteiger partial charge in [0.05, 0.1) is 12.0 Å². The second-order valence-electron chi connectivity index (χ2n) is 8.16. The van der Waals surface area contributed by atoms with Crippen molar-refractivity contribution in [1.82, 2.24) is 15.2 Å². The van der Waals surface area contributed by atoms with Crippen LogP contribution in [0.2, 0.25) is 0 Å². The van der Waals surface area contributed by atoms with Crippen molar-refractivity contribution in [3.05, 3.63) is 65.2 Å². The number of carbonyl (C=O) groups is 3. The van der Waals surface area contributed by atoms with Gasteiger partial charge in [-0.05, 0) is 36.8 Å². The Bertz CT molecular complexity index is 1400. The van der Waals surface area contributed by atoms with Crippen LogP contribution in [0.25, 0.3) is 22.1 Å². The average Bonchev–Trinajstić information content (AvgIpc) is 3.46. The number of carbonyl (C=O) groups excluding carboxylic acids is 3. The Balaban J connectivity index is 1.43. The zero-order valence-corrected chi connectivity index (χ0v) is 16.6. The van der Waals surface area contributed by atoms with Gasteiger partial charge in [-0.25, -0.2) is 0 Å². The van der Waals surface area contributed by atoms with E-state index >= 15 is 0 Å². The van der Waals surface area contributed by atoms with Gasteiger partial charge in [0.25, 0.3) is 5.91 Å². The minimum absolute atomic E-state index is 0.0240. The van der Waals surface area contributed by atoms with Crippen LogP contribution in [-0.2, 0) is 21.5 Å². The normalized spacial score (nSPS) is 20.8. The van der Waals surface area contributed by atoms with Gasteiger partial charge in [-0.2, -0.15) is 0 Å². The van der Waals surface area contributed by atoms with Gasteiger partial charge in [-0.1, -0.05) is 6.07 Å². The smallest absolute Gasteiger partial charge is 0.255 e. The van der Waals surface area contributed by atoms with Crippen LogP contribution < -0.4 is 5.32 Å².